The summed E-state index contributed by atoms with van der Waals surface area (Å²) in [5.41, 5.74) is 1.71. The fraction of sp³-hybridized carbons (Fsp3) is 0.444. The monoisotopic (exact) mass is 281 g/mol. The Labute approximate surface area is 105 Å². The molecular weight excluding hydrogens is 271 g/mol. The summed E-state index contributed by atoms with van der Waals surface area (Å²) in [6.45, 7) is 2.52. The minimum atomic E-state index is -5.11. The Morgan fingerprint density at radius 2 is 2.21 bits per heavy atom. The van der Waals surface area contributed by atoms with E-state index < -0.39 is 36.7 Å². The lowest BCUT2D eigenvalue weighted by atomic mass is 10.3. The molecule has 1 aliphatic rings. The Kier molecular flexibility index (Phi) is 4.35. The van der Waals surface area contributed by atoms with Crippen LogP contribution in [0.2, 0.25) is 0 Å². The summed E-state index contributed by atoms with van der Waals surface area (Å²) in [7, 11) is 0. The number of nitrogens with zero attached hydrogens (tertiary/aromatic N) is 1. The Hall–Kier alpha value is -2.26. The molecule has 7 nitrogen and oxygen atoms in total. The number of amides is 3. The number of rotatable bonds is 3. The zero-order valence-corrected chi connectivity index (χ0v) is 9.49. The molecule has 0 bridgehead atoms. The van der Waals surface area contributed by atoms with Crippen molar-refractivity contribution in [2.75, 3.05) is 13.2 Å². The lowest BCUT2D eigenvalue weighted by Crippen LogP contribution is -2.46. The molecule has 1 saturated heterocycles. The Morgan fingerprint density at radius 3 is 2.74 bits per heavy atom. The fourth-order valence-corrected chi connectivity index (χ4v) is 1.24. The van der Waals surface area contributed by atoms with Crippen molar-refractivity contribution in [3.63, 3.8) is 0 Å². The van der Waals surface area contributed by atoms with Crippen LogP contribution in [0.4, 0.5) is 18.0 Å². The van der Waals surface area contributed by atoms with Gasteiger partial charge in [0.05, 0.1) is 6.54 Å². The van der Waals surface area contributed by atoms with Crippen molar-refractivity contribution in [2.24, 2.45) is 0 Å². The van der Waals surface area contributed by atoms with E-state index in [-0.39, 0.29) is 11.6 Å². The number of hydrazine groups is 1. The molecule has 0 radical (unpaired) electrons. The largest absolute Gasteiger partial charge is 0.473 e. The number of ether oxygens (including phenoxy) is 1. The molecule has 0 spiro atoms. The van der Waals surface area contributed by atoms with E-state index >= 15 is 0 Å². The third kappa shape index (κ3) is 3.86. The van der Waals surface area contributed by atoms with Crippen LogP contribution in [0.25, 0.3) is 0 Å². The number of alkyl carbamates (subject to hydrolysis) is 1. The van der Waals surface area contributed by atoms with Crippen molar-refractivity contribution >= 4 is 17.9 Å². The number of hydrogen-bond acceptors (Lipinski definition) is 4. The van der Waals surface area contributed by atoms with Crippen LogP contribution in [-0.4, -0.2) is 48.3 Å². The van der Waals surface area contributed by atoms with Gasteiger partial charge in [-0.1, -0.05) is 12.7 Å². The molecule has 1 atom stereocenters. The molecule has 1 fully saturated rings. The number of carbonyl (C=O) groups is 3. The third-order valence-electron chi connectivity index (χ3n) is 2.04. The number of hydrogen-bond donors (Lipinski definition) is 2. The van der Waals surface area contributed by atoms with Gasteiger partial charge in [-0.05, 0) is 0 Å². The smallest absolute Gasteiger partial charge is 0.445 e. The maximum Gasteiger partial charge on any atom is 0.473 e. The van der Waals surface area contributed by atoms with Gasteiger partial charge in [0, 0.05) is 0 Å². The quantitative estimate of drug-likeness (QED) is 0.695. The molecule has 1 aliphatic heterocycles. The van der Waals surface area contributed by atoms with Crippen molar-refractivity contribution in [3.8, 4) is 0 Å². The average Bonchev–Trinajstić information content (AvgIpc) is 2.66. The van der Waals surface area contributed by atoms with Gasteiger partial charge in [-0.15, -0.1) is 0 Å². The summed E-state index contributed by atoms with van der Waals surface area (Å²) >= 11 is 0. The number of carbonyl (C=O) groups excluding carboxylic acids is 3. The number of halogens is 3. The molecule has 0 aromatic carbocycles. The average molecular weight is 281 g/mol. The zero-order chi connectivity index (χ0) is 14.6. The Balaban J connectivity index is 2.56. The van der Waals surface area contributed by atoms with Crippen LogP contribution in [0.3, 0.4) is 0 Å². The SMILES string of the molecule is C=CCOC(=O)N[C@H]1CN(C(=O)C(F)(F)F)NC1=O. The molecular formula is C9H10F3N3O4. The lowest BCUT2D eigenvalue weighted by molar-refractivity contribution is -0.187. The van der Waals surface area contributed by atoms with E-state index in [4.69, 9.17) is 0 Å². The molecule has 0 aliphatic carbocycles. The first kappa shape index (κ1) is 14.8. The maximum absolute atomic E-state index is 12.1. The molecule has 0 saturated carbocycles. The molecule has 106 valence electrons. The second kappa shape index (κ2) is 5.59. The summed E-state index contributed by atoms with van der Waals surface area (Å²) in [5.74, 6) is -3.15. The first-order chi connectivity index (χ1) is 8.75. The van der Waals surface area contributed by atoms with E-state index in [0.717, 1.165) is 0 Å². The van der Waals surface area contributed by atoms with Gasteiger partial charge in [-0.25, -0.2) is 9.80 Å². The van der Waals surface area contributed by atoms with Crippen molar-refractivity contribution in [3.05, 3.63) is 12.7 Å². The van der Waals surface area contributed by atoms with E-state index in [2.05, 4.69) is 11.3 Å². The van der Waals surface area contributed by atoms with Gasteiger partial charge >= 0.3 is 18.2 Å². The van der Waals surface area contributed by atoms with Crippen LogP contribution in [0, 0.1) is 0 Å². The predicted octanol–water partition coefficient (Wildman–Crippen LogP) is -0.297. The van der Waals surface area contributed by atoms with Crippen LogP contribution in [0.15, 0.2) is 12.7 Å². The minimum absolute atomic E-state index is 0.0841. The highest BCUT2D eigenvalue weighted by Gasteiger charge is 2.47. The van der Waals surface area contributed by atoms with E-state index in [9.17, 15) is 27.6 Å². The van der Waals surface area contributed by atoms with Gasteiger partial charge in [0.2, 0.25) is 0 Å². The van der Waals surface area contributed by atoms with E-state index in [1.54, 1.807) is 5.43 Å². The summed E-state index contributed by atoms with van der Waals surface area (Å²) in [6, 6.07) is -1.30. The minimum Gasteiger partial charge on any atom is -0.445 e. The topological polar surface area (TPSA) is 87.7 Å². The summed E-state index contributed by atoms with van der Waals surface area (Å²) in [5, 5.41) is 2.10. The van der Waals surface area contributed by atoms with Gasteiger partial charge < -0.3 is 10.1 Å². The second-order valence-electron chi connectivity index (χ2n) is 3.47. The molecule has 1 heterocycles. The first-order valence-electron chi connectivity index (χ1n) is 4.99. The summed E-state index contributed by atoms with van der Waals surface area (Å²) < 4.78 is 40.8. The van der Waals surface area contributed by atoms with E-state index in [1.165, 1.54) is 6.08 Å². The highest BCUT2D eigenvalue weighted by molar-refractivity contribution is 5.92. The Bertz CT molecular complexity index is 410. The highest BCUT2D eigenvalue weighted by Crippen LogP contribution is 2.19. The number of alkyl halides is 3. The van der Waals surface area contributed by atoms with Crippen LogP contribution in [0.1, 0.15) is 0 Å². The number of nitrogens with one attached hydrogen (secondary N) is 2. The van der Waals surface area contributed by atoms with Gasteiger partial charge in [-0.2, -0.15) is 13.2 Å². The molecule has 19 heavy (non-hydrogen) atoms. The summed E-state index contributed by atoms with van der Waals surface area (Å²) in [6.07, 6.45) is -4.83. The predicted molar refractivity (Wildman–Crippen MR) is 54.4 cm³/mol. The van der Waals surface area contributed by atoms with Gasteiger partial charge in [0.15, 0.2) is 0 Å². The van der Waals surface area contributed by atoms with Crippen molar-refractivity contribution in [2.45, 2.75) is 12.2 Å². The molecule has 0 aromatic rings. The van der Waals surface area contributed by atoms with E-state index in [1.807, 2.05) is 5.32 Å². The second-order valence-corrected chi connectivity index (χ2v) is 3.47. The molecule has 3 amide bonds. The van der Waals surface area contributed by atoms with Gasteiger partial charge in [0.1, 0.15) is 12.6 Å². The van der Waals surface area contributed by atoms with Crippen LogP contribution in [-0.2, 0) is 14.3 Å². The molecule has 0 unspecified atom stereocenters. The third-order valence-corrected chi connectivity index (χ3v) is 2.04. The standard InChI is InChI=1S/C9H10F3N3O4/c1-2-3-19-8(18)13-5-4-15(14-6(5)16)7(17)9(10,11)12/h2,5H,1,3-4H2,(H,13,18)(H,14,16)/t5-/m0/s1. The molecule has 0 aromatic heterocycles. The first-order valence-corrected chi connectivity index (χ1v) is 4.99. The maximum atomic E-state index is 12.1. The fourth-order valence-electron chi connectivity index (χ4n) is 1.24. The van der Waals surface area contributed by atoms with Crippen molar-refractivity contribution < 1.29 is 32.3 Å². The van der Waals surface area contributed by atoms with Crippen LogP contribution >= 0.6 is 0 Å². The lowest BCUT2D eigenvalue weighted by Gasteiger charge is -2.16. The molecule has 1 rings (SSSR count). The van der Waals surface area contributed by atoms with Crippen LogP contribution in [0.5, 0.6) is 0 Å². The Morgan fingerprint density at radius 1 is 1.58 bits per heavy atom. The van der Waals surface area contributed by atoms with Gasteiger partial charge in [-0.3, -0.25) is 15.0 Å². The van der Waals surface area contributed by atoms with Crippen molar-refractivity contribution in [1.29, 1.82) is 0 Å². The zero-order valence-electron chi connectivity index (χ0n) is 9.49. The van der Waals surface area contributed by atoms with E-state index in [0.29, 0.717) is 0 Å². The highest BCUT2D eigenvalue weighted by atomic mass is 19.4. The summed E-state index contributed by atoms with van der Waals surface area (Å²) in [4.78, 5) is 33.2. The van der Waals surface area contributed by atoms with Crippen LogP contribution < -0.4 is 10.7 Å². The van der Waals surface area contributed by atoms with Gasteiger partial charge in [0.25, 0.3) is 5.91 Å². The van der Waals surface area contributed by atoms with Crippen molar-refractivity contribution in [1.82, 2.24) is 15.8 Å². The normalized spacial score (nSPS) is 18.8. The molecule has 2 N–H and O–H groups in total. The molecule has 10 heteroatoms.